The molecule has 4 nitrogen and oxygen atoms in total. The highest BCUT2D eigenvalue weighted by Crippen LogP contribution is 2.27. The lowest BCUT2D eigenvalue weighted by Crippen LogP contribution is -2.24. The number of likely N-dealkylation sites (N-methyl/N-ethyl adjacent to an activating group) is 1. The van der Waals surface area contributed by atoms with Crippen LogP contribution in [0.4, 0.5) is 14.5 Å². The molecule has 0 saturated carbocycles. The quantitative estimate of drug-likeness (QED) is 0.450. The monoisotopic (exact) mass is 375 g/mol. The number of para-hydroxylation sites is 2. The molecule has 0 bridgehead atoms. The minimum Gasteiger partial charge on any atom is -0.491 e. The highest BCUT2D eigenvalue weighted by molar-refractivity contribution is 6.04. The van der Waals surface area contributed by atoms with E-state index in [1.165, 1.54) is 23.1 Å². The van der Waals surface area contributed by atoms with E-state index in [0.29, 0.717) is 23.6 Å². The summed E-state index contributed by atoms with van der Waals surface area (Å²) in [5.41, 5.74) is 1.38. The number of unbranched alkanes of at least 4 members (excludes halogenated alkanes) is 1. The number of alkyl halides is 2. The van der Waals surface area contributed by atoms with E-state index in [2.05, 4.69) is 11.7 Å². The third-order valence-corrected chi connectivity index (χ3v) is 3.84. The van der Waals surface area contributed by atoms with Gasteiger partial charge in [-0.15, -0.1) is 0 Å². The smallest absolute Gasteiger partial charge is 0.387 e. The van der Waals surface area contributed by atoms with Crippen LogP contribution in [0.25, 0.3) is 6.08 Å². The van der Waals surface area contributed by atoms with Gasteiger partial charge in [-0.2, -0.15) is 8.78 Å². The maximum absolute atomic E-state index is 12.5. The number of halogens is 2. The van der Waals surface area contributed by atoms with Crippen molar-refractivity contribution in [3.8, 4) is 11.5 Å². The average Bonchev–Trinajstić information content (AvgIpc) is 2.67. The summed E-state index contributed by atoms with van der Waals surface area (Å²) in [6, 6.07) is 13.4. The number of ether oxygens (including phenoxy) is 2. The molecule has 0 atom stereocenters. The number of carbonyl (C=O) groups is 1. The molecule has 2 aromatic carbocycles. The minimum absolute atomic E-state index is 0.0729. The summed E-state index contributed by atoms with van der Waals surface area (Å²) in [7, 11) is 1.67. The average molecular weight is 375 g/mol. The van der Waals surface area contributed by atoms with Gasteiger partial charge in [0.15, 0.2) is 0 Å². The molecular formula is C21H23F2NO3. The first-order chi connectivity index (χ1) is 13.0. The van der Waals surface area contributed by atoms with E-state index in [9.17, 15) is 13.6 Å². The lowest BCUT2D eigenvalue weighted by atomic mass is 10.2. The van der Waals surface area contributed by atoms with Crippen LogP contribution in [0, 0.1) is 0 Å². The van der Waals surface area contributed by atoms with Gasteiger partial charge >= 0.3 is 6.61 Å². The molecule has 0 fully saturated rings. The second-order valence-electron chi connectivity index (χ2n) is 5.85. The summed E-state index contributed by atoms with van der Waals surface area (Å²) >= 11 is 0. The fourth-order valence-electron chi connectivity index (χ4n) is 2.34. The second-order valence-corrected chi connectivity index (χ2v) is 5.85. The first-order valence-electron chi connectivity index (χ1n) is 8.73. The van der Waals surface area contributed by atoms with Gasteiger partial charge in [-0.1, -0.05) is 37.6 Å². The van der Waals surface area contributed by atoms with Crippen molar-refractivity contribution >= 4 is 17.7 Å². The summed E-state index contributed by atoms with van der Waals surface area (Å²) in [4.78, 5) is 14.0. The zero-order valence-electron chi connectivity index (χ0n) is 15.4. The number of rotatable bonds is 9. The molecule has 0 radical (unpaired) electrons. The molecule has 1 amide bonds. The Labute approximate surface area is 158 Å². The molecule has 0 unspecified atom stereocenters. The molecule has 144 valence electrons. The lowest BCUT2D eigenvalue weighted by Gasteiger charge is -2.19. The van der Waals surface area contributed by atoms with Crippen LogP contribution in [0.3, 0.4) is 0 Å². The Morgan fingerprint density at radius 1 is 1.15 bits per heavy atom. The van der Waals surface area contributed by atoms with Gasteiger partial charge < -0.3 is 14.4 Å². The second kappa shape index (κ2) is 10.3. The molecule has 6 heteroatoms. The largest absolute Gasteiger partial charge is 0.491 e. The number of carbonyl (C=O) groups excluding carboxylic acids is 1. The molecule has 0 heterocycles. The minimum atomic E-state index is -2.86. The van der Waals surface area contributed by atoms with E-state index in [0.717, 1.165) is 12.8 Å². The molecule has 0 aliphatic rings. The number of benzene rings is 2. The van der Waals surface area contributed by atoms with Gasteiger partial charge in [-0.25, -0.2) is 0 Å². The normalized spacial score (nSPS) is 11.0. The number of hydrogen-bond donors (Lipinski definition) is 0. The molecule has 27 heavy (non-hydrogen) atoms. The molecule has 2 aromatic rings. The van der Waals surface area contributed by atoms with Gasteiger partial charge in [0.05, 0.1) is 12.3 Å². The van der Waals surface area contributed by atoms with Gasteiger partial charge in [-0.05, 0) is 42.3 Å². The summed E-state index contributed by atoms with van der Waals surface area (Å²) in [5, 5.41) is 0. The van der Waals surface area contributed by atoms with Crippen molar-refractivity contribution in [1.29, 1.82) is 0 Å². The Morgan fingerprint density at radius 3 is 2.52 bits per heavy atom. The molecule has 0 aliphatic carbocycles. The topological polar surface area (TPSA) is 38.8 Å². The SMILES string of the molecule is CCCCOc1ccccc1N(C)C(=O)/C=C/c1ccc(OC(F)F)cc1. The van der Waals surface area contributed by atoms with E-state index in [1.54, 1.807) is 25.3 Å². The molecule has 0 aliphatic heterocycles. The maximum atomic E-state index is 12.5. The third-order valence-electron chi connectivity index (χ3n) is 3.84. The first-order valence-corrected chi connectivity index (χ1v) is 8.73. The Kier molecular flexibility index (Phi) is 7.79. The predicted molar refractivity (Wildman–Crippen MR) is 102 cm³/mol. The van der Waals surface area contributed by atoms with Crippen molar-refractivity contribution in [3.63, 3.8) is 0 Å². The highest BCUT2D eigenvalue weighted by atomic mass is 19.3. The van der Waals surface area contributed by atoms with E-state index in [4.69, 9.17) is 4.74 Å². The van der Waals surface area contributed by atoms with Gasteiger partial charge in [0, 0.05) is 13.1 Å². The van der Waals surface area contributed by atoms with Crippen LogP contribution >= 0.6 is 0 Å². The van der Waals surface area contributed by atoms with E-state index in [-0.39, 0.29) is 11.7 Å². The van der Waals surface area contributed by atoms with Crippen molar-refractivity contribution in [2.24, 2.45) is 0 Å². The summed E-state index contributed by atoms with van der Waals surface area (Å²) in [5.74, 6) is 0.502. The van der Waals surface area contributed by atoms with E-state index < -0.39 is 6.61 Å². The zero-order chi connectivity index (χ0) is 19.6. The Morgan fingerprint density at radius 2 is 1.85 bits per heavy atom. The van der Waals surface area contributed by atoms with Crippen LogP contribution in [-0.4, -0.2) is 26.2 Å². The first kappa shape index (κ1) is 20.4. The van der Waals surface area contributed by atoms with Gasteiger partial charge in [0.25, 0.3) is 5.91 Å². The fraction of sp³-hybridized carbons (Fsp3) is 0.286. The molecular weight excluding hydrogens is 352 g/mol. The van der Waals surface area contributed by atoms with Crippen LogP contribution in [-0.2, 0) is 4.79 Å². The highest BCUT2D eigenvalue weighted by Gasteiger charge is 2.13. The number of anilines is 1. The van der Waals surface area contributed by atoms with Crippen LogP contribution in [0.1, 0.15) is 25.3 Å². The molecule has 0 spiro atoms. The zero-order valence-corrected chi connectivity index (χ0v) is 15.4. The predicted octanol–water partition coefficient (Wildman–Crippen LogP) is 5.14. The number of hydrogen-bond acceptors (Lipinski definition) is 3. The van der Waals surface area contributed by atoms with Crippen molar-refractivity contribution < 1.29 is 23.0 Å². The van der Waals surface area contributed by atoms with Gasteiger partial charge in [-0.3, -0.25) is 4.79 Å². The maximum Gasteiger partial charge on any atom is 0.387 e. The van der Waals surface area contributed by atoms with Crippen LogP contribution in [0.2, 0.25) is 0 Å². The summed E-state index contributed by atoms with van der Waals surface area (Å²) < 4.78 is 34.4. The molecule has 0 N–H and O–H groups in total. The van der Waals surface area contributed by atoms with Gasteiger partial charge in [0.1, 0.15) is 11.5 Å². The van der Waals surface area contributed by atoms with Crippen molar-refractivity contribution in [2.75, 3.05) is 18.6 Å². The standard InChI is InChI=1S/C21H23F2NO3/c1-3-4-15-26-19-8-6-5-7-18(19)24(2)20(25)14-11-16-9-12-17(13-10-16)27-21(22)23/h5-14,21H,3-4,15H2,1-2H3/b14-11+. The fourth-order valence-corrected chi connectivity index (χ4v) is 2.34. The molecule has 2 rings (SSSR count). The van der Waals surface area contributed by atoms with Crippen molar-refractivity contribution in [2.45, 2.75) is 26.4 Å². The van der Waals surface area contributed by atoms with Crippen molar-refractivity contribution in [1.82, 2.24) is 0 Å². The summed E-state index contributed by atoms with van der Waals surface area (Å²) in [6.45, 7) is -0.179. The molecule has 0 saturated heterocycles. The Hall–Kier alpha value is -2.89. The van der Waals surface area contributed by atoms with Crippen molar-refractivity contribution in [3.05, 3.63) is 60.2 Å². The number of nitrogens with zero attached hydrogens (tertiary/aromatic N) is 1. The number of amides is 1. The lowest BCUT2D eigenvalue weighted by molar-refractivity contribution is -0.113. The Balaban J connectivity index is 2.04. The van der Waals surface area contributed by atoms with Gasteiger partial charge in [0.2, 0.25) is 0 Å². The van der Waals surface area contributed by atoms with Crippen LogP contribution in [0.15, 0.2) is 54.6 Å². The van der Waals surface area contributed by atoms with E-state index in [1.807, 2.05) is 24.3 Å². The Bertz CT molecular complexity index is 760. The molecule has 0 aromatic heterocycles. The summed E-state index contributed by atoms with van der Waals surface area (Å²) in [6.07, 6.45) is 5.01. The third kappa shape index (κ3) is 6.40. The van der Waals surface area contributed by atoms with Crippen LogP contribution < -0.4 is 14.4 Å². The van der Waals surface area contributed by atoms with Crippen LogP contribution in [0.5, 0.6) is 11.5 Å². The van der Waals surface area contributed by atoms with E-state index >= 15 is 0 Å².